The Morgan fingerprint density at radius 2 is 1.63 bits per heavy atom. The second kappa shape index (κ2) is 8.97. The number of hydrogen-bond acceptors (Lipinski definition) is 6. The largest absolute Gasteiger partial charge is 0.351 e. The van der Waals surface area contributed by atoms with E-state index in [0.717, 1.165) is 16.2 Å². The van der Waals surface area contributed by atoms with Crippen LogP contribution in [0.3, 0.4) is 0 Å². The summed E-state index contributed by atoms with van der Waals surface area (Å²) in [6, 6.07) is 15.8. The molecule has 0 unspecified atom stereocenters. The highest BCUT2D eigenvalue weighted by atomic mass is 35.5. The maximum atomic E-state index is 13.9. The number of nitro benzene ring substituents is 1. The number of benzene rings is 3. The molecule has 2 saturated heterocycles. The summed E-state index contributed by atoms with van der Waals surface area (Å²) in [5, 5.41) is 14.3. The molecule has 1 N–H and O–H groups in total. The van der Waals surface area contributed by atoms with E-state index in [1.807, 2.05) is 41.3 Å². The van der Waals surface area contributed by atoms with E-state index in [2.05, 4.69) is 5.32 Å². The Balaban J connectivity index is 1.42. The van der Waals surface area contributed by atoms with Gasteiger partial charge in [0.2, 0.25) is 17.7 Å². The minimum absolute atomic E-state index is 0.119. The van der Waals surface area contributed by atoms with E-state index in [1.165, 1.54) is 36.4 Å². The van der Waals surface area contributed by atoms with Crippen LogP contribution in [0, 0.1) is 22.0 Å². The van der Waals surface area contributed by atoms with Crippen molar-refractivity contribution in [2.24, 2.45) is 11.8 Å². The summed E-state index contributed by atoms with van der Waals surface area (Å²) in [6.45, 7) is 0. The molecule has 4 atom stereocenters. The zero-order chi connectivity index (χ0) is 26.7. The van der Waals surface area contributed by atoms with Crippen molar-refractivity contribution in [1.82, 2.24) is 0 Å². The lowest BCUT2D eigenvalue weighted by Crippen LogP contribution is -2.50. The first-order chi connectivity index (χ1) is 18.3. The molecular formula is C27H18Cl2N4O5. The van der Waals surface area contributed by atoms with Crippen LogP contribution in [0.1, 0.15) is 5.56 Å². The molecule has 0 spiro atoms. The molecule has 3 heterocycles. The number of halogens is 2. The van der Waals surface area contributed by atoms with E-state index in [0.29, 0.717) is 10.7 Å². The Bertz CT molecular complexity index is 1560. The van der Waals surface area contributed by atoms with E-state index in [-0.39, 0.29) is 16.4 Å². The summed E-state index contributed by atoms with van der Waals surface area (Å²) in [5.41, 5.74) is 2.01. The number of para-hydroxylation sites is 1. The van der Waals surface area contributed by atoms with Crippen molar-refractivity contribution >= 4 is 69.7 Å². The third-order valence-corrected chi connectivity index (χ3v) is 7.72. The lowest BCUT2D eigenvalue weighted by Gasteiger charge is -2.36. The Morgan fingerprint density at radius 1 is 0.921 bits per heavy atom. The van der Waals surface area contributed by atoms with Crippen molar-refractivity contribution < 1.29 is 19.3 Å². The Labute approximate surface area is 226 Å². The van der Waals surface area contributed by atoms with Crippen LogP contribution in [0.5, 0.6) is 0 Å². The maximum absolute atomic E-state index is 13.9. The zero-order valence-corrected chi connectivity index (χ0v) is 21.0. The molecule has 0 saturated carbocycles. The van der Waals surface area contributed by atoms with Gasteiger partial charge in [-0.3, -0.25) is 24.5 Å². The number of fused-ring (bicyclic) bond motifs is 5. The molecule has 38 heavy (non-hydrogen) atoms. The molecule has 0 aromatic heterocycles. The van der Waals surface area contributed by atoms with Gasteiger partial charge < -0.3 is 10.2 Å². The highest BCUT2D eigenvalue weighted by Gasteiger charge is 2.64. The molecule has 3 aliphatic rings. The average Bonchev–Trinajstić information content (AvgIpc) is 3.37. The highest BCUT2D eigenvalue weighted by molar-refractivity contribution is 6.38. The van der Waals surface area contributed by atoms with Crippen molar-refractivity contribution in [3.63, 3.8) is 0 Å². The van der Waals surface area contributed by atoms with Gasteiger partial charge in [0.25, 0.3) is 5.69 Å². The topological polar surface area (TPSA) is 113 Å². The van der Waals surface area contributed by atoms with Gasteiger partial charge in [0.15, 0.2) is 0 Å². The number of carbonyl (C=O) groups excluding carboxylic acids is 3. The number of nitrogens with zero attached hydrogens (tertiary/aromatic N) is 3. The fourth-order valence-electron chi connectivity index (χ4n) is 5.60. The van der Waals surface area contributed by atoms with E-state index in [4.69, 9.17) is 23.2 Å². The van der Waals surface area contributed by atoms with Gasteiger partial charge in [0.05, 0.1) is 33.5 Å². The summed E-state index contributed by atoms with van der Waals surface area (Å²) in [5.74, 6) is -3.31. The number of anilines is 3. The van der Waals surface area contributed by atoms with Gasteiger partial charge >= 0.3 is 0 Å². The minimum Gasteiger partial charge on any atom is -0.351 e. The van der Waals surface area contributed by atoms with Crippen LogP contribution < -0.4 is 15.1 Å². The van der Waals surface area contributed by atoms with Gasteiger partial charge in [-0.1, -0.05) is 53.6 Å². The van der Waals surface area contributed by atoms with E-state index >= 15 is 0 Å². The first-order valence-electron chi connectivity index (χ1n) is 11.7. The number of amides is 3. The molecule has 190 valence electrons. The van der Waals surface area contributed by atoms with Gasteiger partial charge in [-0.2, -0.15) is 0 Å². The highest BCUT2D eigenvalue weighted by Crippen LogP contribution is 2.50. The number of imide groups is 1. The quantitative estimate of drug-likeness (QED) is 0.281. The third-order valence-electron chi connectivity index (χ3n) is 7.18. The van der Waals surface area contributed by atoms with Crippen LogP contribution in [0.2, 0.25) is 10.0 Å². The molecule has 11 heteroatoms. The van der Waals surface area contributed by atoms with Crippen molar-refractivity contribution in [2.75, 3.05) is 15.1 Å². The molecule has 3 aliphatic heterocycles. The lowest BCUT2D eigenvalue weighted by molar-refractivity contribution is -0.384. The van der Waals surface area contributed by atoms with E-state index in [9.17, 15) is 24.5 Å². The average molecular weight is 549 g/mol. The normalized spacial score (nSPS) is 23.2. The molecule has 9 nitrogen and oxygen atoms in total. The number of hydrogen-bond donors (Lipinski definition) is 1. The van der Waals surface area contributed by atoms with Gasteiger partial charge in [-0.25, -0.2) is 4.90 Å². The first kappa shape index (κ1) is 24.1. The predicted octanol–water partition coefficient (Wildman–Crippen LogP) is 4.93. The Hall–Kier alpha value is -4.21. The van der Waals surface area contributed by atoms with E-state index < -0.39 is 46.6 Å². The first-order valence-corrected chi connectivity index (χ1v) is 12.5. The third kappa shape index (κ3) is 3.66. The fraction of sp³-hybridized carbons (Fsp3) is 0.148. The van der Waals surface area contributed by atoms with Crippen LogP contribution in [-0.2, 0) is 14.4 Å². The second-order valence-electron chi connectivity index (χ2n) is 9.21. The predicted molar refractivity (Wildman–Crippen MR) is 143 cm³/mol. The van der Waals surface area contributed by atoms with E-state index in [1.54, 1.807) is 6.07 Å². The number of rotatable bonds is 4. The van der Waals surface area contributed by atoms with Crippen molar-refractivity contribution in [3.05, 3.63) is 98.5 Å². The smallest absolute Gasteiger partial charge is 0.269 e. The molecule has 0 aliphatic carbocycles. The van der Waals surface area contributed by atoms with Crippen LogP contribution in [0.4, 0.5) is 22.7 Å². The molecule has 0 radical (unpaired) electrons. The molecule has 3 aromatic carbocycles. The summed E-state index contributed by atoms with van der Waals surface area (Å²) in [7, 11) is 0. The maximum Gasteiger partial charge on any atom is 0.269 e. The van der Waals surface area contributed by atoms with Crippen LogP contribution in [0.25, 0.3) is 6.08 Å². The van der Waals surface area contributed by atoms with Crippen molar-refractivity contribution in [1.29, 1.82) is 0 Å². The molecule has 6 rings (SSSR count). The van der Waals surface area contributed by atoms with Gasteiger partial charge in [-0.05, 0) is 42.0 Å². The van der Waals surface area contributed by atoms with Crippen molar-refractivity contribution in [3.8, 4) is 0 Å². The molecule has 0 bridgehead atoms. The molecule has 3 aromatic rings. The summed E-state index contributed by atoms with van der Waals surface area (Å²) < 4.78 is 0. The molecule has 2 fully saturated rings. The standard InChI is InChI=1S/C27H18Cl2N4O5/c28-15-6-12-20(18(29)13-15)32-26(35)22-21-11-5-14-3-1-2-4-19(14)31(21)24(23(22)27(32)36)25(34)30-16-7-9-17(10-8-16)33(37)38/h1-13,21-24H,(H,30,34)/t21-,22+,23-,24-/m0/s1. The number of nitro groups is 1. The van der Waals surface area contributed by atoms with Gasteiger partial charge in [0.1, 0.15) is 6.04 Å². The number of nitrogens with one attached hydrogen (secondary N) is 1. The van der Waals surface area contributed by atoms with Crippen LogP contribution >= 0.6 is 23.2 Å². The second-order valence-corrected chi connectivity index (χ2v) is 10.1. The molecular weight excluding hydrogens is 531 g/mol. The summed E-state index contributed by atoms with van der Waals surface area (Å²) >= 11 is 12.4. The SMILES string of the molecule is O=C(Nc1ccc([N+](=O)[O-])cc1)[C@@H]1[C@H]2C(=O)N(c3ccc(Cl)cc3Cl)C(=O)[C@@H]2[C@@H]2C=Cc3ccccc3N12. The van der Waals surface area contributed by atoms with Gasteiger partial charge in [-0.15, -0.1) is 0 Å². The summed E-state index contributed by atoms with van der Waals surface area (Å²) in [6.07, 6.45) is 3.73. The van der Waals surface area contributed by atoms with Crippen molar-refractivity contribution in [2.45, 2.75) is 12.1 Å². The Kier molecular flexibility index (Phi) is 5.70. The zero-order valence-electron chi connectivity index (χ0n) is 19.5. The van der Waals surface area contributed by atoms with Gasteiger partial charge in [0, 0.05) is 28.5 Å². The Morgan fingerprint density at radius 3 is 2.34 bits per heavy atom. The number of non-ortho nitro benzene ring substituents is 1. The minimum atomic E-state index is -1.03. The monoisotopic (exact) mass is 548 g/mol. The fourth-order valence-corrected chi connectivity index (χ4v) is 6.09. The number of carbonyl (C=O) groups is 3. The van der Waals surface area contributed by atoms with Crippen LogP contribution in [-0.4, -0.2) is 34.7 Å². The van der Waals surface area contributed by atoms with Crippen LogP contribution in [0.15, 0.2) is 72.8 Å². The lowest BCUT2D eigenvalue weighted by atomic mass is 9.88. The summed E-state index contributed by atoms with van der Waals surface area (Å²) in [4.78, 5) is 54.8. The molecule has 3 amide bonds.